The summed E-state index contributed by atoms with van der Waals surface area (Å²) in [4.78, 5) is 19.4. The van der Waals surface area contributed by atoms with Crippen molar-refractivity contribution in [3.05, 3.63) is 72.8 Å². The Morgan fingerprint density at radius 2 is 1.85 bits per heavy atom. The molecule has 196 valence electrons. The number of H-pyrrole nitrogens is 2. The highest BCUT2D eigenvalue weighted by molar-refractivity contribution is 5.96. The van der Waals surface area contributed by atoms with Gasteiger partial charge in [-0.15, -0.1) is 0 Å². The summed E-state index contributed by atoms with van der Waals surface area (Å²) in [5.41, 5.74) is 7.44. The fourth-order valence-electron chi connectivity index (χ4n) is 4.54. The summed E-state index contributed by atoms with van der Waals surface area (Å²) < 4.78 is 19.9. The quantitative estimate of drug-likeness (QED) is 0.247. The standard InChI is InChI=1S/C29H27FN8O/c1-38(2)10-9-32-20-12-17(11-19(30)14-20)22-5-4-6-24-26(22)35-29(34-24)28-27-25(36-37-28)8-7-23(33-27)18-13-21(39-3)16-31-15-18/h4-8,11-16,32H,9-10H2,1-3H3,(H,34,35)(H,36,37). The molecule has 0 aliphatic rings. The molecule has 0 fully saturated rings. The summed E-state index contributed by atoms with van der Waals surface area (Å²) in [6.45, 7) is 1.55. The summed E-state index contributed by atoms with van der Waals surface area (Å²) in [5, 5.41) is 10.9. The number of fused-ring (bicyclic) bond motifs is 2. The zero-order valence-electron chi connectivity index (χ0n) is 21.8. The van der Waals surface area contributed by atoms with E-state index in [1.54, 1.807) is 19.5 Å². The van der Waals surface area contributed by atoms with Crippen molar-refractivity contribution in [2.45, 2.75) is 0 Å². The summed E-state index contributed by atoms with van der Waals surface area (Å²) in [6, 6.07) is 16.5. The molecule has 10 heteroatoms. The van der Waals surface area contributed by atoms with Crippen molar-refractivity contribution in [3.63, 3.8) is 0 Å². The number of methoxy groups -OCH3 is 1. The zero-order valence-corrected chi connectivity index (χ0v) is 21.8. The number of nitrogens with one attached hydrogen (secondary N) is 3. The van der Waals surface area contributed by atoms with Crippen LogP contribution >= 0.6 is 0 Å². The average Bonchev–Trinajstić information content (AvgIpc) is 3.56. The molecule has 39 heavy (non-hydrogen) atoms. The minimum atomic E-state index is -0.310. The van der Waals surface area contributed by atoms with Gasteiger partial charge in [0.25, 0.3) is 0 Å². The van der Waals surface area contributed by atoms with E-state index in [4.69, 9.17) is 14.7 Å². The van der Waals surface area contributed by atoms with Gasteiger partial charge in [0.05, 0.1) is 35.6 Å². The van der Waals surface area contributed by atoms with E-state index in [2.05, 4.69) is 30.4 Å². The van der Waals surface area contributed by atoms with Crippen LogP contribution < -0.4 is 10.1 Å². The average molecular weight is 523 g/mol. The first-order valence-electron chi connectivity index (χ1n) is 12.5. The maximum Gasteiger partial charge on any atom is 0.161 e. The molecule has 0 saturated heterocycles. The smallest absolute Gasteiger partial charge is 0.161 e. The molecule has 4 aromatic heterocycles. The van der Waals surface area contributed by atoms with Gasteiger partial charge in [0.2, 0.25) is 0 Å². The number of benzene rings is 2. The van der Waals surface area contributed by atoms with Crippen LogP contribution in [0.25, 0.3) is 56.0 Å². The van der Waals surface area contributed by atoms with Gasteiger partial charge < -0.3 is 19.9 Å². The van der Waals surface area contributed by atoms with Crippen LogP contribution in [0.15, 0.2) is 67.0 Å². The monoisotopic (exact) mass is 522 g/mol. The maximum atomic E-state index is 14.6. The number of imidazole rings is 1. The number of para-hydroxylation sites is 1. The van der Waals surface area contributed by atoms with Gasteiger partial charge in [0, 0.05) is 36.1 Å². The first-order valence-corrected chi connectivity index (χ1v) is 12.5. The largest absolute Gasteiger partial charge is 0.495 e. The first kappa shape index (κ1) is 24.5. The van der Waals surface area contributed by atoms with E-state index in [1.807, 2.05) is 56.6 Å². The van der Waals surface area contributed by atoms with Gasteiger partial charge in [-0.2, -0.15) is 5.10 Å². The minimum Gasteiger partial charge on any atom is -0.495 e. The third-order valence-electron chi connectivity index (χ3n) is 6.49. The van der Waals surface area contributed by atoms with Crippen molar-refractivity contribution in [3.8, 4) is 39.7 Å². The molecule has 0 radical (unpaired) electrons. The SMILES string of the molecule is COc1cncc(-c2ccc3[nH]nc(-c4nc5c(-c6cc(F)cc(NCCN(C)C)c6)cccc5[nH]4)c3n2)c1. The van der Waals surface area contributed by atoms with Gasteiger partial charge in [-0.25, -0.2) is 14.4 Å². The Kier molecular flexibility index (Phi) is 6.37. The van der Waals surface area contributed by atoms with Crippen molar-refractivity contribution >= 4 is 27.8 Å². The van der Waals surface area contributed by atoms with Gasteiger partial charge in [-0.05, 0) is 62.1 Å². The van der Waals surface area contributed by atoms with Crippen LogP contribution in [0.1, 0.15) is 0 Å². The van der Waals surface area contributed by atoms with Crippen LogP contribution in [0.5, 0.6) is 5.75 Å². The number of halogens is 1. The fourth-order valence-corrected chi connectivity index (χ4v) is 4.54. The van der Waals surface area contributed by atoms with Gasteiger partial charge >= 0.3 is 0 Å². The topological polar surface area (TPSA) is 108 Å². The Bertz CT molecular complexity index is 1790. The van der Waals surface area contributed by atoms with Crippen LogP contribution in [-0.2, 0) is 0 Å². The number of aromatic amines is 2. The molecule has 0 aliphatic carbocycles. The Balaban J connectivity index is 1.40. The van der Waals surface area contributed by atoms with E-state index in [9.17, 15) is 4.39 Å². The number of aromatic nitrogens is 6. The maximum absolute atomic E-state index is 14.6. The van der Waals surface area contributed by atoms with Crippen LogP contribution in [0, 0.1) is 5.82 Å². The second-order valence-electron chi connectivity index (χ2n) is 9.52. The molecule has 3 N–H and O–H groups in total. The van der Waals surface area contributed by atoms with Crippen molar-refractivity contribution in [1.29, 1.82) is 0 Å². The molecule has 0 atom stereocenters. The Labute approximate surface area is 224 Å². The van der Waals surface area contributed by atoms with Gasteiger partial charge in [-0.3, -0.25) is 10.1 Å². The molecule has 0 spiro atoms. The van der Waals surface area contributed by atoms with Crippen LogP contribution in [0.4, 0.5) is 10.1 Å². The molecule has 0 unspecified atom stereocenters. The highest BCUT2D eigenvalue weighted by atomic mass is 19.1. The molecular formula is C29H27FN8O. The molecular weight excluding hydrogens is 495 g/mol. The summed E-state index contributed by atoms with van der Waals surface area (Å²) >= 11 is 0. The lowest BCUT2D eigenvalue weighted by atomic mass is 10.0. The second-order valence-corrected chi connectivity index (χ2v) is 9.52. The third kappa shape index (κ3) is 4.89. The second kappa shape index (κ2) is 10.1. The van der Waals surface area contributed by atoms with Crippen molar-refractivity contribution in [2.24, 2.45) is 0 Å². The molecule has 6 rings (SSSR count). The number of pyridine rings is 2. The summed E-state index contributed by atoms with van der Waals surface area (Å²) in [7, 11) is 5.61. The van der Waals surface area contributed by atoms with Gasteiger partial charge in [-0.1, -0.05) is 12.1 Å². The van der Waals surface area contributed by atoms with Crippen molar-refractivity contribution in [1.82, 2.24) is 35.0 Å². The van der Waals surface area contributed by atoms with Crippen molar-refractivity contribution in [2.75, 3.05) is 39.6 Å². The fraction of sp³-hybridized carbons (Fsp3) is 0.172. The summed E-state index contributed by atoms with van der Waals surface area (Å²) in [5.74, 6) is 0.910. The number of anilines is 1. The molecule has 6 aromatic rings. The number of ether oxygens (including phenoxy) is 1. The molecule has 0 saturated carbocycles. The lowest BCUT2D eigenvalue weighted by Gasteiger charge is -2.13. The molecule has 9 nitrogen and oxygen atoms in total. The van der Waals surface area contributed by atoms with Crippen LogP contribution in [-0.4, -0.2) is 69.3 Å². The molecule has 2 aromatic carbocycles. The number of rotatable bonds is 8. The molecule has 4 heterocycles. The lowest BCUT2D eigenvalue weighted by Crippen LogP contribution is -2.20. The first-order chi connectivity index (χ1) is 19.0. The minimum absolute atomic E-state index is 0.310. The van der Waals surface area contributed by atoms with E-state index in [1.165, 1.54) is 12.1 Å². The molecule has 0 amide bonds. The zero-order chi connectivity index (χ0) is 26.9. The highest BCUT2D eigenvalue weighted by Gasteiger charge is 2.17. The van der Waals surface area contributed by atoms with Crippen molar-refractivity contribution < 1.29 is 9.13 Å². The number of likely N-dealkylation sites (N-methyl/N-ethyl adjacent to an activating group) is 1. The summed E-state index contributed by atoms with van der Waals surface area (Å²) in [6.07, 6.45) is 3.39. The van der Waals surface area contributed by atoms with Gasteiger partial charge in [0.1, 0.15) is 17.1 Å². The predicted octanol–water partition coefficient (Wildman–Crippen LogP) is 5.35. The number of nitrogens with zero attached hydrogens (tertiary/aromatic N) is 5. The number of hydrogen-bond donors (Lipinski definition) is 3. The predicted molar refractivity (Wildman–Crippen MR) is 151 cm³/mol. The third-order valence-corrected chi connectivity index (χ3v) is 6.49. The highest BCUT2D eigenvalue weighted by Crippen LogP contribution is 2.33. The normalized spacial score (nSPS) is 11.5. The Morgan fingerprint density at radius 1 is 0.949 bits per heavy atom. The molecule has 0 bridgehead atoms. The van der Waals surface area contributed by atoms with E-state index in [0.29, 0.717) is 29.3 Å². The van der Waals surface area contributed by atoms with Gasteiger partial charge in [0.15, 0.2) is 11.5 Å². The number of hydrogen-bond acceptors (Lipinski definition) is 7. The Morgan fingerprint density at radius 3 is 2.69 bits per heavy atom. The van der Waals surface area contributed by atoms with E-state index in [-0.39, 0.29) is 5.82 Å². The Hall–Kier alpha value is -4.83. The van der Waals surface area contributed by atoms with Crippen LogP contribution in [0.3, 0.4) is 0 Å². The lowest BCUT2D eigenvalue weighted by molar-refractivity contribution is 0.413. The van der Waals surface area contributed by atoms with E-state index >= 15 is 0 Å². The van der Waals surface area contributed by atoms with Crippen LogP contribution in [0.2, 0.25) is 0 Å². The molecule has 0 aliphatic heterocycles. The van der Waals surface area contributed by atoms with E-state index < -0.39 is 0 Å². The van der Waals surface area contributed by atoms with E-state index in [0.717, 1.165) is 51.2 Å².